The van der Waals surface area contributed by atoms with Gasteiger partial charge in [-0.3, -0.25) is 0 Å². The lowest BCUT2D eigenvalue weighted by Crippen LogP contribution is -2.41. The number of fused-ring (bicyclic) bond motifs is 8. The van der Waals surface area contributed by atoms with Crippen molar-refractivity contribution in [3.8, 4) is 33.4 Å². The summed E-state index contributed by atoms with van der Waals surface area (Å²) < 4.78 is 7.37. The number of anilines is 8. The molecule has 2 heterocycles. The van der Waals surface area contributed by atoms with Crippen molar-refractivity contribution in [2.24, 2.45) is 0 Å². The average Bonchev–Trinajstić information content (AvgIpc) is 1.56. The minimum Gasteiger partial charge on any atom is -0.455 e. The van der Waals surface area contributed by atoms with Gasteiger partial charge in [-0.15, -0.1) is 0 Å². The van der Waals surface area contributed by atoms with Gasteiger partial charge < -0.3 is 19.5 Å². The van der Waals surface area contributed by atoms with Crippen LogP contribution in [0.25, 0.3) is 55.3 Å². The lowest BCUT2D eigenvalue weighted by atomic mass is 9.57. The molecule has 10 aromatic carbocycles. The second-order valence-corrected chi connectivity index (χ2v) is 30.9. The summed E-state index contributed by atoms with van der Waals surface area (Å²) in [6.07, 6.45) is 0. The van der Waals surface area contributed by atoms with E-state index in [0.717, 1.165) is 72.9 Å². The molecule has 1 N–H and O–H groups in total. The number of benzene rings is 10. The van der Waals surface area contributed by atoms with Crippen LogP contribution in [0.1, 0.15) is 157 Å². The van der Waals surface area contributed by atoms with Crippen LogP contribution in [0.4, 0.5) is 45.5 Å². The first-order chi connectivity index (χ1) is 41.5. The van der Waals surface area contributed by atoms with Crippen LogP contribution >= 0.6 is 0 Å². The van der Waals surface area contributed by atoms with Crippen molar-refractivity contribution >= 4 is 85.6 Å². The van der Waals surface area contributed by atoms with Gasteiger partial charge in [0.2, 0.25) is 0 Å². The third kappa shape index (κ3) is 10.3. The predicted octanol–water partition coefficient (Wildman–Crippen LogP) is 22.1. The van der Waals surface area contributed by atoms with Crippen LogP contribution in [0.3, 0.4) is 0 Å². The highest BCUT2D eigenvalue weighted by molar-refractivity contribution is 6.74. The average molecular weight is 1150 g/mol. The second kappa shape index (κ2) is 20.8. The van der Waals surface area contributed by atoms with Gasteiger partial charge in [0.25, 0.3) is 0 Å². The van der Waals surface area contributed by atoms with Crippen LogP contribution in [0.2, 0.25) is 0 Å². The zero-order valence-electron chi connectivity index (χ0n) is 55.1. The molecule has 0 saturated carbocycles. The van der Waals surface area contributed by atoms with Gasteiger partial charge in [0.05, 0.1) is 5.69 Å². The van der Waals surface area contributed by atoms with E-state index in [2.05, 4.69) is 333 Å². The number of rotatable bonds is 8. The highest BCUT2D eigenvalue weighted by Crippen LogP contribution is 2.55. The van der Waals surface area contributed by atoms with E-state index < -0.39 is 0 Å². The van der Waals surface area contributed by atoms with E-state index in [1.807, 2.05) is 0 Å². The molecule has 13 rings (SSSR count). The summed E-state index contributed by atoms with van der Waals surface area (Å²) in [5.41, 5.74) is 29.0. The summed E-state index contributed by atoms with van der Waals surface area (Å²) >= 11 is 0. The van der Waals surface area contributed by atoms with Crippen LogP contribution in [0.5, 0.6) is 0 Å². The van der Waals surface area contributed by atoms with Gasteiger partial charge in [0.15, 0.2) is 7.28 Å². The summed E-state index contributed by atoms with van der Waals surface area (Å²) in [6.45, 7) is 39.4. The van der Waals surface area contributed by atoms with Gasteiger partial charge >= 0.3 is 0 Å². The Morgan fingerprint density at radius 1 is 0.409 bits per heavy atom. The standard InChI is InChI=1S/C83H86BN3O/c1-78(2,3)52-27-35-57(36-28-52)85-70-50-68-64(61-42-41-60(47-67(61)83(68,16)17)86(58-37-29-53(30-38-58)79(4,5)6)59-39-31-54(32-40-59)80(7,8)9)48-66(70)75-76-73(49-65-62-25-21-22-26-74(62)88-77(65)75)87(72-44-34-56(82(13,14)15)46-69(72)84-76)71-43-33-55(81(10,11)12)45-63(71)51-23-19-18-20-24-51/h18-50,84-85H,1-17H3. The highest BCUT2D eigenvalue weighted by atomic mass is 16.3. The molecule has 4 nitrogen and oxygen atoms in total. The summed E-state index contributed by atoms with van der Waals surface area (Å²) in [5, 5.41) is 6.32. The summed E-state index contributed by atoms with van der Waals surface area (Å²) in [4.78, 5) is 5.03. The monoisotopic (exact) mass is 1150 g/mol. The van der Waals surface area contributed by atoms with Crippen LogP contribution in [0, 0.1) is 0 Å². The van der Waals surface area contributed by atoms with Gasteiger partial charge in [-0.2, -0.15) is 0 Å². The molecule has 442 valence electrons. The van der Waals surface area contributed by atoms with Crippen molar-refractivity contribution < 1.29 is 4.42 Å². The lowest BCUT2D eigenvalue weighted by molar-refractivity contribution is 0.590. The molecule has 1 aromatic heterocycles. The number of para-hydroxylation sites is 1. The first-order valence-electron chi connectivity index (χ1n) is 31.9. The Morgan fingerprint density at radius 2 is 0.920 bits per heavy atom. The topological polar surface area (TPSA) is 31.7 Å². The largest absolute Gasteiger partial charge is 0.455 e. The van der Waals surface area contributed by atoms with Crippen molar-refractivity contribution in [2.75, 3.05) is 15.1 Å². The molecule has 0 bridgehead atoms. The molecule has 0 spiro atoms. The van der Waals surface area contributed by atoms with Crippen molar-refractivity contribution in [1.29, 1.82) is 0 Å². The zero-order valence-corrected chi connectivity index (χ0v) is 55.1. The van der Waals surface area contributed by atoms with E-state index in [0.29, 0.717) is 7.28 Å². The summed E-state index contributed by atoms with van der Waals surface area (Å²) in [6, 6.07) is 76.2. The molecular weight excluding hydrogens is 1070 g/mol. The molecule has 0 saturated heterocycles. The maximum Gasteiger partial charge on any atom is 0.198 e. The number of hydrogen-bond acceptors (Lipinski definition) is 4. The van der Waals surface area contributed by atoms with Crippen molar-refractivity contribution in [2.45, 2.75) is 150 Å². The van der Waals surface area contributed by atoms with Gasteiger partial charge in [-0.05, 0) is 179 Å². The fourth-order valence-corrected chi connectivity index (χ4v) is 13.7. The molecule has 0 amide bonds. The van der Waals surface area contributed by atoms with Gasteiger partial charge in [-0.1, -0.05) is 232 Å². The van der Waals surface area contributed by atoms with E-state index in [4.69, 9.17) is 4.42 Å². The number of hydrogen-bond donors (Lipinski definition) is 1. The molecule has 88 heavy (non-hydrogen) atoms. The Labute approximate surface area is 524 Å². The molecular formula is C83H86BN3O. The molecule has 0 unspecified atom stereocenters. The maximum absolute atomic E-state index is 7.37. The SMILES string of the molecule is CC(C)(C)c1ccc(Nc2cc3c(cc2-c2c4c(cc5c2oc2ccccc25)N(c2ccc(C(C)(C)C)cc2-c2ccccc2)c2ccc(C(C)(C)C)cc2B4)-c2ccc(N(c4ccc(C(C)(C)C)cc4)c4ccc(C(C)(C)C)cc4)cc2C3(C)C)cc1. The van der Waals surface area contributed by atoms with Crippen LogP contribution < -0.4 is 26.0 Å². The van der Waals surface area contributed by atoms with Crippen LogP contribution in [0.15, 0.2) is 205 Å². The third-order valence-corrected chi connectivity index (χ3v) is 19.1. The van der Waals surface area contributed by atoms with Crippen molar-refractivity contribution in [3.63, 3.8) is 0 Å². The van der Waals surface area contributed by atoms with Crippen LogP contribution in [-0.4, -0.2) is 7.28 Å². The van der Waals surface area contributed by atoms with E-state index in [-0.39, 0.29) is 32.5 Å². The Balaban J connectivity index is 1.08. The number of nitrogens with zero attached hydrogens (tertiary/aromatic N) is 2. The van der Waals surface area contributed by atoms with Crippen molar-refractivity contribution in [1.82, 2.24) is 0 Å². The number of nitrogens with one attached hydrogen (secondary N) is 1. The normalized spacial score (nSPS) is 13.9. The molecule has 5 heteroatoms. The molecule has 1 aliphatic heterocycles. The second-order valence-electron chi connectivity index (χ2n) is 30.9. The Morgan fingerprint density at radius 3 is 1.51 bits per heavy atom. The quantitative estimate of drug-likeness (QED) is 0.154. The lowest BCUT2D eigenvalue weighted by Gasteiger charge is -2.37. The van der Waals surface area contributed by atoms with Gasteiger partial charge in [0.1, 0.15) is 11.2 Å². The zero-order chi connectivity index (χ0) is 62.2. The van der Waals surface area contributed by atoms with E-state index in [1.165, 1.54) is 77.8 Å². The van der Waals surface area contributed by atoms with E-state index >= 15 is 0 Å². The molecule has 0 fully saturated rings. The fourth-order valence-electron chi connectivity index (χ4n) is 13.7. The Kier molecular flexibility index (Phi) is 13.8. The fraction of sp³-hybridized carbons (Fsp3) is 0.277. The maximum atomic E-state index is 7.37. The predicted molar refractivity (Wildman–Crippen MR) is 381 cm³/mol. The molecule has 1 aliphatic carbocycles. The summed E-state index contributed by atoms with van der Waals surface area (Å²) in [5.74, 6) is 0. The molecule has 2 aliphatic rings. The van der Waals surface area contributed by atoms with Gasteiger partial charge in [-0.25, -0.2) is 0 Å². The third-order valence-electron chi connectivity index (χ3n) is 19.1. The van der Waals surface area contributed by atoms with E-state index in [1.54, 1.807) is 0 Å². The molecule has 0 atom stereocenters. The first-order valence-corrected chi connectivity index (χ1v) is 31.9. The highest BCUT2D eigenvalue weighted by Gasteiger charge is 2.40. The van der Waals surface area contributed by atoms with E-state index in [9.17, 15) is 0 Å². The minimum atomic E-state index is -0.374. The minimum absolute atomic E-state index is 0.00567. The number of furan rings is 1. The Hall–Kier alpha value is -8.54. The Bertz CT molecular complexity index is 4450. The summed E-state index contributed by atoms with van der Waals surface area (Å²) in [7, 11) is 0.708. The van der Waals surface area contributed by atoms with Crippen molar-refractivity contribution in [3.05, 3.63) is 239 Å². The van der Waals surface area contributed by atoms with Gasteiger partial charge in [0, 0.05) is 72.7 Å². The smallest absolute Gasteiger partial charge is 0.198 e. The molecule has 0 radical (unpaired) electrons. The van der Waals surface area contributed by atoms with Crippen LogP contribution in [-0.2, 0) is 32.5 Å². The molecule has 11 aromatic rings. The first kappa shape index (κ1) is 58.5.